The van der Waals surface area contributed by atoms with Crippen LogP contribution in [0.1, 0.15) is 17.2 Å². The molecule has 0 aliphatic carbocycles. The number of benzene rings is 2. The number of hydrogen-bond donors (Lipinski definition) is 3. The van der Waals surface area contributed by atoms with E-state index in [1.807, 2.05) is 29.9 Å². The Morgan fingerprint density at radius 1 is 1.19 bits per heavy atom. The number of anilines is 1. The summed E-state index contributed by atoms with van der Waals surface area (Å²) < 4.78 is 40.8. The van der Waals surface area contributed by atoms with E-state index < -0.39 is 23.9 Å². The first kappa shape index (κ1) is 18.8. The van der Waals surface area contributed by atoms with Gasteiger partial charge in [-0.1, -0.05) is 18.2 Å². The summed E-state index contributed by atoms with van der Waals surface area (Å²) in [6.45, 7) is -0.141. The molecule has 27 heavy (non-hydrogen) atoms. The molecule has 142 valence electrons. The molecule has 8 heteroatoms. The number of halogens is 3. The average Bonchev–Trinajstić information content (AvgIpc) is 2.99. The van der Waals surface area contributed by atoms with E-state index in [4.69, 9.17) is 0 Å². The molecule has 0 radical (unpaired) electrons. The van der Waals surface area contributed by atoms with Crippen LogP contribution in [0.3, 0.4) is 0 Å². The summed E-state index contributed by atoms with van der Waals surface area (Å²) in [5, 5.41) is 15.8. The number of aliphatic hydroxyl groups excluding tert-OH is 1. The number of rotatable bonds is 4. The van der Waals surface area contributed by atoms with Crippen molar-refractivity contribution in [1.29, 1.82) is 0 Å². The van der Waals surface area contributed by atoms with E-state index in [0.29, 0.717) is 5.56 Å². The van der Waals surface area contributed by atoms with Gasteiger partial charge >= 0.3 is 12.2 Å². The summed E-state index contributed by atoms with van der Waals surface area (Å²) in [7, 11) is 1.91. The molecule has 1 heterocycles. The van der Waals surface area contributed by atoms with Crippen molar-refractivity contribution in [3.63, 3.8) is 0 Å². The highest BCUT2D eigenvalue weighted by Gasteiger charge is 2.33. The van der Waals surface area contributed by atoms with Crippen molar-refractivity contribution in [2.45, 2.75) is 12.3 Å². The zero-order valence-electron chi connectivity index (χ0n) is 14.4. The van der Waals surface area contributed by atoms with Crippen LogP contribution in [0.15, 0.2) is 54.7 Å². The number of carbonyl (C=O) groups is 1. The lowest BCUT2D eigenvalue weighted by atomic mass is 10.1. The monoisotopic (exact) mass is 377 g/mol. The first-order valence-corrected chi connectivity index (χ1v) is 8.20. The third-order valence-corrected chi connectivity index (χ3v) is 4.23. The van der Waals surface area contributed by atoms with Crippen molar-refractivity contribution in [2.24, 2.45) is 7.05 Å². The molecule has 1 unspecified atom stereocenters. The van der Waals surface area contributed by atoms with Gasteiger partial charge in [0.05, 0.1) is 17.4 Å². The molecule has 0 aliphatic rings. The summed E-state index contributed by atoms with van der Waals surface area (Å²) in [6, 6.07) is 11.2. The van der Waals surface area contributed by atoms with Gasteiger partial charge in [-0.25, -0.2) is 4.79 Å². The fraction of sp³-hybridized carbons (Fsp3) is 0.211. The lowest BCUT2D eigenvalue weighted by Crippen LogP contribution is -2.33. The number of aryl methyl sites for hydroxylation is 1. The van der Waals surface area contributed by atoms with Gasteiger partial charge in [-0.05, 0) is 41.3 Å². The van der Waals surface area contributed by atoms with Crippen molar-refractivity contribution in [3.8, 4) is 0 Å². The second kappa shape index (κ2) is 7.32. The SMILES string of the molecule is Cn1ccc2cc(C(O)CNC(=O)Nc3ccccc3C(F)(F)F)ccc21. The summed E-state index contributed by atoms with van der Waals surface area (Å²) in [5.41, 5.74) is 0.322. The molecule has 1 aromatic heterocycles. The molecule has 5 nitrogen and oxygen atoms in total. The van der Waals surface area contributed by atoms with Crippen molar-refractivity contribution in [1.82, 2.24) is 9.88 Å². The van der Waals surface area contributed by atoms with E-state index in [2.05, 4.69) is 10.6 Å². The summed E-state index contributed by atoms with van der Waals surface area (Å²) >= 11 is 0. The number of urea groups is 1. The number of nitrogens with one attached hydrogen (secondary N) is 2. The molecule has 1 atom stereocenters. The molecule has 2 amide bonds. The first-order valence-electron chi connectivity index (χ1n) is 8.20. The molecule has 0 saturated carbocycles. The van der Waals surface area contributed by atoms with Crippen LogP contribution in [0.5, 0.6) is 0 Å². The molecule has 0 spiro atoms. The van der Waals surface area contributed by atoms with Crippen LogP contribution in [0, 0.1) is 0 Å². The Labute approximate surface area is 153 Å². The number of carbonyl (C=O) groups excluding carboxylic acids is 1. The highest BCUT2D eigenvalue weighted by atomic mass is 19.4. The molecule has 3 aromatic rings. The molecule has 0 saturated heterocycles. The van der Waals surface area contributed by atoms with E-state index in [-0.39, 0.29) is 12.2 Å². The second-order valence-electron chi connectivity index (χ2n) is 6.14. The number of nitrogens with zero attached hydrogens (tertiary/aromatic N) is 1. The van der Waals surface area contributed by atoms with Crippen LogP contribution in [-0.4, -0.2) is 22.2 Å². The van der Waals surface area contributed by atoms with Crippen LogP contribution in [0.25, 0.3) is 10.9 Å². The lowest BCUT2D eigenvalue weighted by molar-refractivity contribution is -0.136. The zero-order chi connectivity index (χ0) is 19.6. The number of para-hydroxylation sites is 1. The van der Waals surface area contributed by atoms with E-state index >= 15 is 0 Å². The Balaban J connectivity index is 1.63. The number of fused-ring (bicyclic) bond motifs is 1. The topological polar surface area (TPSA) is 66.3 Å². The Morgan fingerprint density at radius 2 is 1.93 bits per heavy atom. The Morgan fingerprint density at radius 3 is 2.67 bits per heavy atom. The van der Waals surface area contributed by atoms with Gasteiger partial charge in [0, 0.05) is 25.3 Å². The molecule has 0 aliphatic heterocycles. The van der Waals surface area contributed by atoms with Gasteiger partial charge in [0.15, 0.2) is 0 Å². The van der Waals surface area contributed by atoms with Gasteiger partial charge in [-0.15, -0.1) is 0 Å². The van der Waals surface area contributed by atoms with E-state index in [9.17, 15) is 23.1 Å². The maximum atomic E-state index is 13.0. The van der Waals surface area contributed by atoms with Crippen molar-refractivity contribution < 1.29 is 23.1 Å². The minimum atomic E-state index is -4.57. The Hall–Kier alpha value is -3.00. The molecular formula is C19H18F3N3O2. The lowest BCUT2D eigenvalue weighted by Gasteiger charge is -2.16. The maximum absolute atomic E-state index is 13.0. The fourth-order valence-corrected chi connectivity index (χ4v) is 2.82. The van der Waals surface area contributed by atoms with Gasteiger partial charge in [0.1, 0.15) is 0 Å². The van der Waals surface area contributed by atoms with Gasteiger partial charge in [-0.2, -0.15) is 13.2 Å². The average molecular weight is 377 g/mol. The molecular weight excluding hydrogens is 359 g/mol. The summed E-state index contributed by atoms with van der Waals surface area (Å²) in [4.78, 5) is 11.9. The largest absolute Gasteiger partial charge is 0.418 e. The predicted octanol–water partition coefficient (Wildman–Crippen LogP) is 4.05. The summed E-state index contributed by atoms with van der Waals surface area (Å²) in [5.74, 6) is 0. The molecule has 3 N–H and O–H groups in total. The van der Waals surface area contributed by atoms with Crippen LogP contribution >= 0.6 is 0 Å². The number of hydrogen-bond acceptors (Lipinski definition) is 2. The fourth-order valence-electron chi connectivity index (χ4n) is 2.82. The number of aromatic nitrogens is 1. The third-order valence-electron chi connectivity index (χ3n) is 4.23. The van der Waals surface area contributed by atoms with Gasteiger partial charge in [0.2, 0.25) is 0 Å². The predicted molar refractivity (Wildman–Crippen MR) is 96.3 cm³/mol. The van der Waals surface area contributed by atoms with Crippen molar-refractivity contribution >= 4 is 22.6 Å². The van der Waals surface area contributed by atoms with Crippen LogP contribution in [0.2, 0.25) is 0 Å². The number of amides is 2. The van der Waals surface area contributed by atoms with Crippen LogP contribution in [-0.2, 0) is 13.2 Å². The molecule has 0 fully saturated rings. The van der Waals surface area contributed by atoms with E-state index in [1.54, 1.807) is 12.1 Å². The quantitative estimate of drug-likeness (QED) is 0.642. The van der Waals surface area contributed by atoms with Crippen LogP contribution < -0.4 is 10.6 Å². The van der Waals surface area contributed by atoms with Crippen molar-refractivity contribution in [2.75, 3.05) is 11.9 Å². The van der Waals surface area contributed by atoms with Crippen LogP contribution in [0.4, 0.5) is 23.7 Å². The Bertz CT molecular complexity index is 966. The standard InChI is InChI=1S/C19H18F3N3O2/c1-25-9-8-12-10-13(6-7-16(12)25)17(26)11-23-18(27)24-15-5-3-2-4-14(15)19(20,21)22/h2-10,17,26H,11H2,1H3,(H2,23,24,27). The smallest absolute Gasteiger partial charge is 0.387 e. The van der Waals surface area contributed by atoms with Gasteiger partial charge in [-0.3, -0.25) is 0 Å². The molecule has 2 aromatic carbocycles. The number of aliphatic hydroxyl groups is 1. The molecule has 0 bridgehead atoms. The minimum absolute atomic E-state index is 0.141. The molecule has 3 rings (SSSR count). The van der Waals surface area contributed by atoms with Gasteiger partial charge < -0.3 is 20.3 Å². The third kappa shape index (κ3) is 4.22. The highest BCUT2D eigenvalue weighted by molar-refractivity contribution is 5.90. The van der Waals surface area contributed by atoms with E-state index in [0.717, 1.165) is 17.0 Å². The van der Waals surface area contributed by atoms with E-state index in [1.165, 1.54) is 18.2 Å². The van der Waals surface area contributed by atoms with Gasteiger partial charge in [0.25, 0.3) is 0 Å². The second-order valence-corrected chi connectivity index (χ2v) is 6.14. The Kier molecular flexibility index (Phi) is 5.09. The highest BCUT2D eigenvalue weighted by Crippen LogP contribution is 2.34. The minimum Gasteiger partial charge on any atom is -0.387 e. The maximum Gasteiger partial charge on any atom is 0.418 e. The normalized spacial score (nSPS) is 12.8. The first-order chi connectivity index (χ1) is 12.8. The summed E-state index contributed by atoms with van der Waals surface area (Å²) in [6.07, 6.45) is -3.67. The number of alkyl halides is 3. The zero-order valence-corrected chi connectivity index (χ0v) is 14.4. The van der Waals surface area contributed by atoms with Crippen molar-refractivity contribution in [3.05, 3.63) is 65.9 Å².